The molecule has 0 bridgehead atoms. The summed E-state index contributed by atoms with van der Waals surface area (Å²) in [4.78, 5) is 19.4. The van der Waals surface area contributed by atoms with Crippen LogP contribution in [-0.4, -0.2) is 46.2 Å². The van der Waals surface area contributed by atoms with Crippen molar-refractivity contribution >= 4 is 22.8 Å². The van der Waals surface area contributed by atoms with E-state index in [0.717, 1.165) is 47.3 Å². The van der Waals surface area contributed by atoms with E-state index in [4.69, 9.17) is 14.7 Å². The molecule has 1 saturated heterocycles. The van der Waals surface area contributed by atoms with Crippen molar-refractivity contribution in [2.75, 3.05) is 36.5 Å². The molecule has 1 atom stereocenters. The van der Waals surface area contributed by atoms with Gasteiger partial charge in [-0.15, -0.1) is 0 Å². The van der Waals surface area contributed by atoms with Gasteiger partial charge in [0.1, 0.15) is 11.5 Å². The van der Waals surface area contributed by atoms with Crippen LogP contribution in [0.1, 0.15) is 24.4 Å². The average Bonchev–Trinajstić information content (AvgIpc) is 3.03. The molecule has 0 amide bonds. The van der Waals surface area contributed by atoms with Gasteiger partial charge < -0.3 is 19.9 Å². The normalized spacial score (nSPS) is 16.2. The molecule has 3 aromatic heterocycles. The molecular weight excluding hydrogens is 316 g/mol. The number of fused-ring (bicyclic) bond motifs is 1. The van der Waals surface area contributed by atoms with Crippen molar-refractivity contribution < 1.29 is 4.74 Å². The molecule has 4 heterocycles. The third-order valence-electron chi connectivity index (χ3n) is 4.39. The largest absolute Gasteiger partial charge is 0.378 e. The van der Waals surface area contributed by atoms with Crippen molar-refractivity contribution in [2.45, 2.75) is 19.9 Å². The van der Waals surface area contributed by atoms with Crippen molar-refractivity contribution in [2.24, 2.45) is 0 Å². The van der Waals surface area contributed by atoms with Crippen LogP contribution in [-0.2, 0) is 4.74 Å². The maximum absolute atomic E-state index is 5.44. The van der Waals surface area contributed by atoms with Crippen molar-refractivity contribution in [3.05, 3.63) is 41.9 Å². The van der Waals surface area contributed by atoms with Crippen LogP contribution in [0.3, 0.4) is 0 Å². The Bertz CT molecular complexity index is 857. The maximum atomic E-state index is 5.44. The summed E-state index contributed by atoms with van der Waals surface area (Å²) in [6, 6.07) is 8.06. The summed E-state index contributed by atoms with van der Waals surface area (Å²) in [5.41, 5.74) is 2.90. The molecule has 1 aliphatic heterocycles. The Morgan fingerprint density at radius 2 is 2.08 bits per heavy atom. The summed E-state index contributed by atoms with van der Waals surface area (Å²) in [5, 5.41) is 4.50. The van der Waals surface area contributed by atoms with E-state index >= 15 is 0 Å². The molecular formula is C18H22N6O. The van der Waals surface area contributed by atoms with Crippen LogP contribution in [0.15, 0.2) is 30.5 Å². The lowest BCUT2D eigenvalue weighted by Gasteiger charge is -2.27. The van der Waals surface area contributed by atoms with Crippen LogP contribution in [0.4, 0.5) is 11.8 Å². The molecule has 0 aromatic carbocycles. The fraction of sp³-hybridized carbons (Fsp3) is 0.389. The summed E-state index contributed by atoms with van der Waals surface area (Å²) >= 11 is 0. The standard InChI is InChI=1S/C18H22N6O/c1-12-11-14-16(20-12)22-18(24-7-9-25-10-8-24)23-17(14)21-13(2)15-5-3-4-6-19-15/h3-6,11,13H,7-10H2,1-2H3,(H2,20,21,22,23). The zero-order valence-corrected chi connectivity index (χ0v) is 14.5. The molecule has 1 fully saturated rings. The minimum absolute atomic E-state index is 0.0482. The second-order valence-corrected chi connectivity index (χ2v) is 6.31. The first-order valence-corrected chi connectivity index (χ1v) is 8.58. The molecule has 1 aliphatic rings. The van der Waals surface area contributed by atoms with Crippen LogP contribution in [0.25, 0.3) is 11.0 Å². The molecule has 0 aliphatic carbocycles. The summed E-state index contributed by atoms with van der Waals surface area (Å²) in [5.74, 6) is 1.56. The number of rotatable bonds is 4. The number of hydrogen-bond acceptors (Lipinski definition) is 6. The predicted molar refractivity (Wildman–Crippen MR) is 97.9 cm³/mol. The molecule has 0 radical (unpaired) electrons. The zero-order chi connectivity index (χ0) is 17.2. The van der Waals surface area contributed by atoms with Crippen LogP contribution in [0.2, 0.25) is 0 Å². The molecule has 7 heteroatoms. The summed E-state index contributed by atoms with van der Waals surface area (Å²) in [7, 11) is 0. The number of morpholine rings is 1. The molecule has 1 unspecified atom stereocenters. The number of pyridine rings is 1. The Balaban J connectivity index is 1.70. The Labute approximate surface area is 146 Å². The Morgan fingerprint density at radius 1 is 1.24 bits per heavy atom. The average molecular weight is 338 g/mol. The lowest BCUT2D eigenvalue weighted by molar-refractivity contribution is 0.122. The molecule has 2 N–H and O–H groups in total. The highest BCUT2D eigenvalue weighted by Gasteiger charge is 2.19. The smallest absolute Gasteiger partial charge is 0.229 e. The zero-order valence-electron chi connectivity index (χ0n) is 14.5. The van der Waals surface area contributed by atoms with Crippen molar-refractivity contribution in [3.8, 4) is 0 Å². The SMILES string of the molecule is Cc1cc2c(NC(C)c3ccccn3)nc(N3CCOCC3)nc2[nH]1. The van der Waals surface area contributed by atoms with Crippen molar-refractivity contribution in [1.82, 2.24) is 19.9 Å². The van der Waals surface area contributed by atoms with Gasteiger partial charge in [0.15, 0.2) is 0 Å². The van der Waals surface area contributed by atoms with Crippen molar-refractivity contribution in [1.29, 1.82) is 0 Å². The summed E-state index contributed by atoms with van der Waals surface area (Å²) in [6.07, 6.45) is 1.81. The number of hydrogen-bond donors (Lipinski definition) is 2. The third kappa shape index (κ3) is 3.28. The van der Waals surface area contributed by atoms with E-state index in [0.29, 0.717) is 13.2 Å². The number of aromatic nitrogens is 4. The quantitative estimate of drug-likeness (QED) is 0.761. The minimum Gasteiger partial charge on any atom is -0.378 e. The van der Waals surface area contributed by atoms with Gasteiger partial charge in [-0.25, -0.2) is 0 Å². The molecule has 7 nitrogen and oxygen atoms in total. The molecule has 25 heavy (non-hydrogen) atoms. The number of aromatic amines is 1. The van der Waals surface area contributed by atoms with E-state index in [-0.39, 0.29) is 6.04 Å². The number of aryl methyl sites for hydroxylation is 1. The topological polar surface area (TPSA) is 79.0 Å². The number of H-pyrrole nitrogens is 1. The monoisotopic (exact) mass is 338 g/mol. The lowest BCUT2D eigenvalue weighted by Crippen LogP contribution is -2.37. The molecule has 0 spiro atoms. The first-order chi connectivity index (χ1) is 12.2. The number of anilines is 2. The highest BCUT2D eigenvalue weighted by atomic mass is 16.5. The summed E-state index contributed by atoms with van der Waals surface area (Å²) in [6.45, 7) is 7.14. The molecule has 0 saturated carbocycles. The van der Waals surface area contributed by atoms with E-state index in [2.05, 4.69) is 33.2 Å². The van der Waals surface area contributed by atoms with Crippen LogP contribution < -0.4 is 10.2 Å². The highest BCUT2D eigenvalue weighted by Crippen LogP contribution is 2.27. The Morgan fingerprint density at radius 3 is 2.84 bits per heavy atom. The fourth-order valence-corrected chi connectivity index (χ4v) is 3.05. The van der Waals surface area contributed by atoms with Gasteiger partial charge in [-0.05, 0) is 32.0 Å². The first kappa shape index (κ1) is 15.8. The third-order valence-corrected chi connectivity index (χ3v) is 4.39. The van der Waals surface area contributed by atoms with Gasteiger partial charge in [-0.2, -0.15) is 9.97 Å². The van der Waals surface area contributed by atoms with Gasteiger partial charge in [-0.1, -0.05) is 6.07 Å². The Kier molecular flexibility index (Phi) is 4.23. The second-order valence-electron chi connectivity index (χ2n) is 6.31. The van der Waals surface area contributed by atoms with Crippen LogP contribution in [0.5, 0.6) is 0 Å². The number of nitrogens with one attached hydrogen (secondary N) is 2. The number of ether oxygens (including phenoxy) is 1. The van der Waals surface area contributed by atoms with Gasteiger partial charge in [0.2, 0.25) is 5.95 Å². The Hall–Kier alpha value is -2.67. The number of nitrogens with zero attached hydrogens (tertiary/aromatic N) is 4. The van der Waals surface area contributed by atoms with Gasteiger partial charge >= 0.3 is 0 Å². The summed E-state index contributed by atoms with van der Waals surface area (Å²) < 4.78 is 5.44. The van der Waals surface area contributed by atoms with Crippen LogP contribution in [0, 0.1) is 6.92 Å². The van der Waals surface area contributed by atoms with E-state index < -0.39 is 0 Å². The highest BCUT2D eigenvalue weighted by molar-refractivity contribution is 5.89. The minimum atomic E-state index is 0.0482. The maximum Gasteiger partial charge on any atom is 0.229 e. The molecule has 4 rings (SSSR count). The molecule has 3 aromatic rings. The van der Waals surface area contributed by atoms with Gasteiger partial charge in [-0.3, -0.25) is 4.98 Å². The van der Waals surface area contributed by atoms with Crippen molar-refractivity contribution in [3.63, 3.8) is 0 Å². The van der Waals surface area contributed by atoms with E-state index in [1.54, 1.807) is 0 Å². The van der Waals surface area contributed by atoms with Gasteiger partial charge in [0, 0.05) is 25.0 Å². The van der Waals surface area contributed by atoms with E-state index in [1.165, 1.54) is 0 Å². The predicted octanol–water partition coefficient (Wildman–Crippen LogP) is 2.67. The first-order valence-electron chi connectivity index (χ1n) is 8.58. The fourth-order valence-electron chi connectivity index (χ4n) is 3.05. The van der Waals surface area contributed by atoms with Gasteiger partial charge in [0.05, 0.1) is 30.3 Å². The molecule has 130 valence electrons. The van der Waals surface area contributed by atoms with E-state index in [9.17, 15) is 0 Å². The van der Waals surface area contributed by atoms with Gasteiger partial charge in [0.25, 0.3) is 0 Å². The van der Waals surface area contributed by atoms with Crippen LogP contribution >= 0.6 is 0 Å². The van der Waals surface area contributed by atoms with E-state index in [1.807, 2.05) is 31.3 Å². The lowest BCUT2D eigenvalue weighted by atomic mass is 10.2. The second kappa shape index (κ2) is 6.68.